The van der Waals surface area contributed by atoms with Crippen molar-refractivity contribution in [3.63, 3.8) is 0 Å². The van der Waals surface area contributed by atoms with Crippen LogP contribution in [0.25, 0.3) is 0 Å². The second-order valence-electron chi connectivity index (χ2n) is 7.83. The Morgan fingerprint density at radius 3 is 2.63 bits per heavy atom. The maximum atomic E-state index is 12.4. The Labute approximate surface area is 182 Å². The van der Waals surface area contributed by atoms with Gasteiger partial charge in [0, 0.05) is 30.8 Å². The van der Waals surface area contributed by atoms with Crippen LogP contribution < -0.4 is 15.4 Å². The fourth-order valence-corrected chi connectivity index (χ4v) is 4.33. The van der Waals surface area contributed by atoms with Gasteiger partial charge in [0.2, 0.25) is 0 Å². The van der Waals surface area contributed by atoms with Gasteiger partial charge < -0.3 is 20.1 Å². The monoisotopic (exact) mass is 429 g/mol. The molecule has 160 valence electrons. The third kappa shape index (κ3) is 5.45. The van der Waals surface area contributed by atoms with E-state index in [4.69, 9.17) is 21.1 Å². The van der Waals surface area contributed by atoms with Gasteiger partial charge >= 0.3 is 6.03 Å². The first kappa shape index (κ1) is 21.0. The number of carbonyl (C=O) groups excluding carboxylic acids is 1. The van der Waals surface area contributed by atoms with Crippen LogP contribution in [0.5, 0.6) is 11.5 Å². The number of hydrogen-bond donors (Lipinski definition) is 2. The number of para-hydroxylation sites is 1. The molecule has 2 saturated heterocycles. The Kier molecular flexibility index (Phi) is 7.10. The molecule has 30 heavy (non-hydrogen) atoms. The van der Waals surface area contributed by atoms with E-state index in [1.165, 1.54) is 12.8 Å². The molecular formula is C23H28ClN3O3. The molecule has 2 N–H and O–H groups in total. The molecule has 2 aliphatic heterocycles. The van der Waals surface area contributed by atoms with Crippen LogP contribution in [0.2, 0.25) is 5.02 Å². The first-order valence-electron chi connectivity index (χ1n) is 10.6. The van der Waals surface area contributed by atoms with Crippen molar-refractivity contribution >= 4 is 23.3 Å². The quantitative estimate of drug-likeness (QED) is 0.666. The molecule has 7 heteroatoms. The summed E-state index contributed by atoms with van der Waals surface area (Å²) >= 11 is 6.13. The van der Waals surface area contributed by atoms with Crippen LogP contribution in [0.3, 0.4) is 0 Å². The zero-order chi connectivity index (χ0) is 20.8. The normalized spacial score (nSPS) is 20.1. The standard InChI is InChI=1S/C23H28ClN3O3/c24-20-5-1-2-6-22(20)30-19-9-7-18(8-10-19)26-23(28)25-15-21(17-11-14-29-16-17)27-12-3-4-13-27/h1-2,5-10,17,21H,3-4,11-16H2,(H2,25,26,28)/t17-,21+/m1/s1. The van der Waals surface area contributed by atoms with Gasteiger partial charge in [0.25, 0.3) is 0 Å². The van der Waals surface area contributed by atoms with E-state index in [2.05, 4.69) is 15.5 Å². The van der Waals surface area contributed by atoms with Crippen LogP contribution >= 0.6 is 11.6 Å². The smallest absolute Gasteiger partial charge is 0.319 e. The molecule has 0 radical (unpaired) electrons. The van der Waals surface area contributed by atoms with Gasteiger partial charge in [-0.25, -0.2) is 4.79 Å². The van der Waals surface area contributed by atoms with Crippen molar-refractivity contribution in [2.75, 3.05) is 38.2 Å². The lowest BCUT2D eigenvalue weighted by Crippen LogP contribution is -2.48. The molecule has 2 aromatic rings. The maximum Gasteiger partial charge on any atom is 0.319 e. The first-order chi connectivity index (χ1) is 14.7. The number of ether oxygens (including phenoxy) is 2. The summed E-state index contributed by atoms with van der Waals surface area (Å²) in [5, 5.41) is 6.51. The maximum absolute atomic E-state index is 12.4. The Morgan fingerprint density at radius 1 is 1.17 bits per heavy atom. The minimum atomic E-state index is -0.196. The topological polar surface area (TPSA) is 62.8 Å². The lowest BCUT2D eigenvalue weighted by atomic mass is 9.97. The van der Waals surface area contributed by atoms with Gasteiger partial charge in [-0.3, -0.25) is 4.90 Å². The Balaban J connectivity index is 1.29. The summed E-state index contributed by atoms with van der Waals surface area (Å²) in [6.07, 6.45) is 3.54. The molecule has 0 spiro atoms. The van der Waals surface area contributed by atoms with Crippen LogP contribution in [0.15, 0.2) is 48.5 Å². The number of rotatable bonds is 7. The molecule has 0 bridgehead atoms. The minimum absolute atomic E-state index is 0.196. The highest BCUT2D eigenvalue weighted by molar-refractivity contribution is 6.32. The lowest BCUT2D eigenvalue weighted by molar-refractivity contribution is 0.135. The second kappa shape index (κ2) is 10.2. The summed E-state index contributed by atoms with van der Waals surface area (Å²) in [5.41, 5.74) is 0.709. The molecule has 2 amide bonds. The highest BCUT2D eigenvalue weighted by Gasteiger charge is 2.32. The molecule has 2 heterocycles. The van der Waals surface area contributed by atoms with Crippen molar-refractivity contribution in [2.24, 2.45) is 5.92 Å². The van der Waals surface area contributed by atoms with E-state index in [1.54, 1.807) is 6.07 Å². The van der Waals surface area contributed by atoms with Crippen molar-refractivity contribution in [3.8, 4) is 11.5 Å². The number of hydrogen-bond acceptors (Lipinski definition) is 4. The van der Waals surface area contributed by atoms with Crippen LogP contribution in [0.1, 0.15) is 19.3 Å². The van der Waals surface area contributed by atoms with Crippen LogP contribution in [-0.2, 0) is 4.74 Å². The fourth-order valence-electron chi connectivity index (χ4n) is 4.16. The van der Waals surface area contributed by atoms with Crippen molar-refractivity contribution in [1.82, 2.24) is 10.2 Å². The van der Waals surface area contributed by atoms with E-state index >= 15 is 0 Å². The first-order valence-corrected chi connectivity index (χ1v) is 11.0. The van der Waals surface area contributed by atoms with Gasteiger partial charge in [0.1, 0.15) is 11.5 Å². The van der Waals surface area contributed by atoms with Crippen molar-refractivity contribution in [1.29, 1.82) is 0 Å². The average Bonchev–Trinajstić information content (AvgIpc) is 3.46. The van der Waals surface area contributed by atoms with Gasteiger partial charge in [-0.1, -0.05) is 23.7 Å². The third-order valence-corrected chi connectivity index (χ3v) is 6.08. The summed E-state index contributed by atoms with van der Waals surface area (Å²) in [6.45, 7) is 4.46. The largest absolute Gasteiger partial charge is 0.456 e. The summed E-state index contributed by atoms with van der Waals surface area (Å²) in [5.74, 6) is 1.75. The number of anilines is 1. The van der Waals surface area contributed by atoms with E-state index in [0.29, 0.717) is 40.7 Å². The van der Waals surface area contributed by atoms with E-state index in [-0.39, 0.29) is 6.03 Å². The second-order valence-corrected chi connectivity index (χ2v) is 8.23. The van der Waals surface area contributed by atoms with Crippen LogP contribution in [0, 0.1) is 5.92 Å². The van der Waals surface area contributed by atoms with E-state index < -0.39 is 0 Å². The fraction of sp³-hybridized carbons (Fsp3) is 0.435. The predicted molar refractivity (Wildman–Crippen MR) is 119 cm³/mol. The highest BCUT2D eigenvalue weighted by atomic mass is 35.5. The minimum Gasteiger partial charge on any atom is -0.456 e. The third-order valence-electron chi connectivity index (χ3n) is 5.77. The number of amides is 2. The highest BCUT2D eigenvalue weighted by Crippen LogP contribution is 2.29. The molecule has 2 aliphatic rings. The van der Waals surface area contributed by atoms with Crippen molar-refractivity contribution in [2.45, 2.75) is 25.3 Å². The Bertz CT molecular complexity index is 818. The SMILES string of the molecule is O=C(NC[C@@H]([C@@H]1CCOC1)N1CCCC1)Nc1ccc(Oc2ccccc2Cl)cc1. The Hall–Kier alpha value is -2.28. The van der Waals surface area contributed by atoms with Crippen molar-refractivity contribution < 1.29 is 14.3 Å². The number of urea groups is 1. The zero-order valence-corrected chi connectivity index (χ0v) is 17.7. The molecular weight excluding hydrogens is 402 g/mol. The molecule has 4 rings (SSSR count). The zero-order valence-electron chi connectivity index (χ0n) is 17.0. The van der Waals surface area contributed by atoms with Gasteiger partial charge in [0.15, 0.2) is 0 Å². The Morgan fingerprint density at radius 2 is 1.93 bits per heavy atom. The average molecular weight is 430 g/mol. The number of likely N-dealkylation sites (tertiary alicyclic amines) is 1. The van der Waals surface area contributed by atoms with Crippen LogP contribution in [0.4, 0.5) is 10.5 Å². The van der Waals surface area contributed by atoms with Crippen molar-refractivity contribution in [3.05, 3.63) is 53.6 Å². The molecule has 2 aromatic carbocycles. The van der Waals surface area contributed by atoms with E-state index in [9.17, 15) is 4.79 Å². The van der Waals surface area contributed by atoms with E-state index in [1.807, 2.05) is 42.5 Å². The summed E-state index contributed by atoms with van der Waals surface area (Å²) < 4.78 is 11.4. The number of nitrogens with zero attached hydrogens (tertiary/aromatic N) is 1. The van der Waals surface area contributed by atoms with Gasteiger partial charge in [0.05, 0.1) is 11.6 Å². The summed E-state index contributed by atoms with van der Waals surface area (Å²) in [4.78, 5) is 14.9. The summed E-state index contributed by atoms with van der Waals surface area (Å²) in [7, 11) is 0. The lowest BCUT2D eigenvalue weighted by Gasteiger charge is -2.31. The predicted octanol–water partition coefficient (Wildman–Crippen LogP) is 4.75. The number of halogens is 1. The van der Waals surface area contributed by atoms with Gasteiger partial charge in [-0.2, -0.15) is 0 Å². The molecule has 0 aliphatic carbocycles. The van der Waals surface area contributed by atoms with Gasteiger partial charge in [-0.15, -0.1) is 0 Å². The molecule has 6 nitrogen and oxygen atoms in total. The molecule has 2 atom stereocenters. The number of nitrogens with one attached hydrogen (secondary N) is 2. The molecule has 0 unspecified atom stereocenters. The summed E-state index contributed by atoms with van der Waals surface area (Å²) in [6, 6.07) is 14.7. The van der Waals surface area contributed by atoms with Gasteiger partial charge in [-0.05, 0) is 68.8 Å². The number of carbonyl (C=O) groups is 1. The molecule has 0 aromatic heterocycles. The van der Waals surface area contributed by atoms with E-state index in [0.717, 1.165) is 32.7 Å². The molecule has 0 saturated carbocycles. The molecule has 2 fully saturated rings. The number of benzene rings is 2. The van der Waals surface area contributed by atoms with Crippen LogP contribution in [-0.4, -0.2) is 49.8 Å².